The molecule has 1 saturated heterocycles. The minimum absolute atomic E-state index is 0.0518. The Bertz CT molecular complexity index is 1100. The van der Waals surface area contributed by atoms with E-state index in [0.717, 1.165) is 18.0 Å². The number of alkyl halides is 3. The van der Waals surface area contributed by atoms with Crippen molar-refractivity contribution in [3.05, 3.63) is 46.6 Å². The van der Waals surface area contributed by atoms with Gasteiger partial charge in [-0.15, -0.1) is 5.10 Å². The summed E-state index contributed by atoms with van der Waals surface area (Å²) in [6.45, 7) is 3.49. The van der Waals surface area contributed by atoms with E-state index in [9.17, 15) is 18.0 Å². The summed E-state index contributed by atoms with van der Waals surface area (Å²) in [5.41, 5.74) is -0.0960. The first-order valence-electron chi connectivity index (χ1n) is 9.19. The lowest BCUT2D eigenvalue weighted by Gasteiger charge is -2.23. The van der Waals surface area contributed by atoms with Gasteiger partial charge in [0.25, 0.3) is 11.7 Å². The number of hydrogen-bond acceptors (Lipinski definition) is 6. The third-order valence-electron chi connectivity index (χ3n) is 4.85. The maximum Gasteiger partial charge on any atom is 0.417 e. The number of amides is 1. The van der Waals surface area contributed by atoms with E-state index < -0.39 is 11.7 Å². The fourth-order valence-electron chi connectivity index (χ4n) is 3.29. The monoisotopic (exact) mass is 439 g/mol. The lowest BCUT2D eigenvalue weighted by Crippen LogP contribution is -2.36. The molecule has 0 aromatic carbocycles. The number of aryl methyl sites for hydroxylation is 1. The number of halogens is 4. The third-order valence-corrected chi connectivity index (χ3v) is 5.13. The molecule has 0 spiro atoms. The second-order valence-corrected chi connectivity index (χ2v) is 7.30. The first-order chi connectivity index (χ1) is 14.2. The fourth-order valence-corrected chi connectivity index (χ4v) is 3.58. The molecule has 30 heavy (non-hydrogen) atoms. The van der Waals surface area contributed by atoms with Crippen LogP contribution < -0.4 is 4.90 Å². The maximum absolute atomic E-state index is 12.9. The van der Waals surface area contributed by atoms with Crippen LogP contribution in [0, 0.1) is 6.92 Å². The minimum atomic E-state index is -4.51. The van der Waals surface area contributed by atoms with E-state index in [-0.39, 0.29) is 22.6 Å². The molecule has 12 heteroatoms. The van der Waals surface area contributed by atoms with Crippen molar-refractivity contribution in [1.29, 1.82) is 0 Å². The molecule has 1 aliphatic heterocycles. The summed E-state index contributed by atoms with van der Waals surface area (Å²) in [6.07, 6.45) is -1.55. The second-order valence-electron chi connectivity index (χ2n) is 6.89. The molecule has 3 aromatic rings. The van der Waals surface area contributed by atoms with E-state index in [4.69, 9.17) is 11.6 Å². The zero-order valence-electron chi connectivity index (χ0n) is 15.9. The van der Waals surface area contributed by atoms with Crippen LogP contribution in [0.1, 0.15) is 28.3 Å². The average molecular weight is 440 g/mol. The summed E-state index contributed by atoms with van der Waals surface area (Å²) in [5.74, 6) is 0.337. The van der Waals surface area contributed by atoms with Gasteiger partial charge in [-0.3, -0.25) is 4.79 Å². The number of carbonyl (C=O) groups excluding carboxylic acids is 1. The van der Waals surface area contributed by atoms with E-state index in [0.29, 0.717) is 38.4 Å². The van der Waals surface area contributed by atoms with Crippen molar-refractivity contribution in [2.24, 2.45) is 0 Å². The average Bonchev–Trinajstić information content (AvgIpc) is 2.99. The van der Waals surface area contributed by atoms with E-state index in [1.807, 2.05) is 6.92 Å². The first kappa shape index (κ1) is 20.3. The molecule has 0 unspecified atom stereocenters. The van der Waals surface area contributed by atoms with Gasteiger partial charge in [-0.2, -0.15) is 18.2 Å². The lowest BCUT2D eigenvalue weighted by atomic mass is 10.2. The molecule has 4 rings (SSSR count). The molecule has 0 N–H and O–H groups in total. The third kappa shape index (κ3) is 3.89. The topological polar surface area (TPSA) is 79.5 Å². The molecule has 8 nitrogen and oxygen atoms in total. The highest BCUT2D eigenvalue weighted by molar-refractivity contribution is 6.33. The van der Waals surface area contributed by atoms with Crippen molar-refractivity contribution in [2.45, 2.75) is 19.5 Å². The highest BCUT2D eigenvalue weighted by Crippen LogP contribution is 2.33. The van der Waals surface area contributed by atoms with E-state index in [2.05, 4.69) is 20.1 Å². The van der Waals surface area contributed by atoms with Gasteiger partial charge in [0.15, 0.2) is 0 Å². The first-order valence-corrected chi connectivity index (χ1v) is 9.57. The summed E-state index contributed by atoms with van der Waals surface area (Å²) in [5, 5.41) is 4.16. The molecule has 4 heterocycles. The number of anilines is 1. The standard InChI is InChI=1S/C18H17ClF3N7O/c1-11-3-4-23-17-25-14(26-29(11)17)16(30)28-6-2-5-27(7-8-28)15-13(19)9-12(10-24-15)18(20,21)22/h3-4,9-10H,2,5-8H2,1H3. The van der Waals surface area contributed by atoms with Gasteiger partial charge in [0.2, 0.25) is 5.82 Å². The summed E-state index contributed by atoms with van der Waals surface area (Å²) >= 11 is 6.06. The molecule has 0 aliphatic carbocycles. The smallest absolute Gasteiger partial charge is 0.354 e. The second kappa shape index (κ2) is 7.71. The number of fused-ring (bicyclic) bond motifs is 1. The minimum Gasteiger partial charge on any atom is -0.354 e. The van der Waals surface area contributed by atoms with Gasteiger partial charge in [0, 0.05) is 44.3 Å². The molecule has 0 bridgehead atoms. The van der Waals surface area contributed by atoms with Crippen LogP contribution in [0.4, 0.5) is 19.0 Å². The maximum atomic E-state index is 12.9. The normalized spacial score (nSPS) is 15.5. The summed E-state index contributed by atoms with van der Waals surface area (Å²) < 4.78 is 40.0. The van der Waals surface area contributed by atoms with Crippen LogP contribution in [-0.4, -0.2) is 61.6 Å². The van der Waals surface area contributed by atoms with Crippen molar-refractivity contribution in [2.75, 3.05) is 31.1 Å². The fraction of sp³-hybridized carbons (Fsp3) is 0.389. The van der Waals surface area contributed by atoms with Crippen LogP contribution in [0.15, 0.2) is 24.5 Å². The predicted molar refractivity (Wildman–Crippen MR) is 103 cm³/mol. The van der Waals surface area contributed by atoms with Gasteiger partial charge in [0.1, 0.15) is 5.82 Å². The zero-order chi connectivity index (χ0) is 21.5. The van der Waals surface area contributed by atoms with Crippen molar-refractivity contribution >= 4 is 29.1 Å². The molecule has 158 valence electrons. The van der Waals surface area contributed by atoms with Gasteiger partial charge in [-0.05, 0) is 25.5 Å². The Balaban J connectivity index is 1.50. The van der Waals surface area contributed by atoms with E-state index >= 15 is 0 Å². The molecule has 3 aromatic heterocycles. The molecule has 0 atom stereocenters. The van der Waals surface area contributed by atoms with Crippen LogP contribution >= 0.6 is 11.6 Å². The molecular formula is C18H17ClF3N7O. The Morgan fingerprint density at radius 2 is 1.97 bits per heavy atom. The Morgan fingerprint density at radius 1 is 1.17 bits per heavy atom. The van der Waals surface area contributed by atoms with E-state index in [1.165, 1.54) is 4.52 Å². The van der Waals surface area contributed by atoms with Crippen LogP contribution in [0.5, 0.6) is 0 Å². The number of carbonyl (C=O) groups is 1. The summed E-state index contributed by atoms with van der Waals surface area (Å²) in [6, 6.07) is 2.63. The highest BCUT2D eigenvalue weighted by Gasteiger charge is 2.32. The van der Waals surface area contributed by atoms with Gasteiger partial charge in [-0.1, -0.05) is 11.6 Å². The van der Waals surface area contributed by atoms with Crippen molar-refractivity contribution in [3.8, 4) is 0 Å². The molecule has 0 radical (unpaired) electrons. The SMILES string of the molecule is Cc1ccnc2nc(C(=O)N3CCCN(c4ncc(C(F)(F)F)cc4Cl)CC3)nn12. The van der Waals surface area contributed by atoms with Crippen LogP contribution in [-0.2, 0) is 6.18 Å². The molecular weight excluding hydrogens is 423 g/mol. The van der Waals surface area contributed by atoms with Crippen LogP contribution in [0.2, 0.25) is 5.02 Å². The Hall–Kier alpha value is -2.95. The predicted octanol–water partition coefficient (Wildman–Crippen LogP) is 2.85. The van der Waals surface area contributed by atoms with Gasteiger partial charge < -0.3 is 9.80 Å². The van der Waals surface area contributed by atoms with E-state index in [1.54, 1.807) is 22.1 Å². The number of rotatable bonds is 2. The number of nitrogens with zero attached hydrogens (tertiary/aromatic N) is 7. The highest BCUT2D eigenvalue weighted by atomic mass is 35.5. The number of hydrogen-bond donors (Lipinski definition) is 0. The number of aromatic nitrogens is 5. The van der Waals surface area contributed by atoms with Gasteiger partial charge in [-0.25, -0.2) is 14.5 Å². The van der Waals surface area contributed by atoms with Crippen LogP contribution in [0.3, 0.4) is 0 Å². The van der Waals surface area contributed by atoms with Crippen molar-refractivity contribution in [1.82, 2.24) is 29.5 Å². The molecule has 1 fully saturated rings. The van der Waals surface area contributed by atoms with Crippen LogP contribution in [0.25, 0.3) is 5.78 Å². The summed E-state index contributed by atoms with van der Waals surface area (Å²) in [7, 11) is 0. The lowest BCUT2D eigenvalue weighted by molar-refractivity contribution is -0.137. The molecule has 1 amide bonds. The Kier molecular flexibility index (Phi) is 5.22. The van der Waals surface area contributed by atoms with Crippen molar-refractivity contribution < 1.29 is 18.0 Å². The Labute approximate surface area is 174 Å². The largest absolute Gasteiger partial charge is 0.417 e. The van der Waals surface area contributed by atoms with Crippen molar-refractivity contribution in [3.63, 3.8) is 0 Å². The molecule has 0 saturated carbocycles. The number of pyridine rings is 1. The summed E-state index contributed by atoms with van der Waals surface area (Å²) in [4.78, 5) is 28.5. The quantitative estimate of drug-likeness (QED) is 0.611. The Morgan fingerprint density at radius 3 is 2.67 bits per heavy atom. The van der Waals surface area contributed by atoms with Gasteiger partial charge in [0.05, 0.1) is 10.6 Å². The van der Waals surface area contributed by atoms with Gasteiger partial charge >= 0.3 is 6.18 Å². The molecule has 1 aliphatic rings. The zero-order valence-corrected chi connectivity index (χ0v) is 16.7.